The first-order valence-electron chi connectivity index (χ1n) is 6.60. The first-order valence-corrected chi connectivity index (χ1v) is 6.60. The van der Waals surface area contributed by atoms with Crippen LogP contribution in [0, 0.1) is 11.6 Å². The summed E-state index contributed by atoms with van der Waals surface area (Å²) >= 11 is 0. The third kappa shape index (κ3) is 4.12. The van der Waals surface area contributed by atoms with Gasteiger partial charge in [-0.1, -0.05) is 6.07 Å². The van der Waals surface area contributed by atoms with E-state index < -0.39 is 23.7 Å². The number of morpholine rings is 1. The highest BCUT2D eigenvalue weighted by molar-refractivity contribution is 5.85. The molecule has 0 bridgehead atoms. The van der Waals surface area contributed by atoms with Crippen LogP contribution < -0.4 is 10.6 Å². The smallest absolute Gasteiger partial charge is 0.240 e. The standard InChI is InChI=1S/C14H18F2N2O2.ClH/c1-8(12-10(15)4-3-5-11(12)16)18-14(19)13-9(2)20-7-6-17-13;/h3-5,8-9,13,17H,6-7H2,1-2H3,(H,18,19);1H/t8?,9-,13+;/m1./s1. The molecule has 1 heterocycles. The SMILES string of the molecule is CC(NC(=O)[C@H]1NCCO[C@@H]1C)c1c(F)cccc1F.Cl. The van der Waals surface area contributed by atoms with Gasteiger partial charge in [0, 0.05) is 12.1 Å². The van der Waals surface area contributed by atoms with Gasteiger partial charge in [0.25, 0.3) is 0 Å². The van der Waals surface area contributed by atoms with Gasteiger partial charge < -0.3 is 15.4 Å². The lowest BCUT2D eigenvalue weighted by Crippen LogP contribution is -2.55. The van der Waals surface area contributed by atoms with Crippen molar-refractivity contribution in [2.75, 3.05) is 13.2 Å². The van der Waals surface area contributed by atoms with Crippen molar-refractivity contribution < 1.29 is 18.3 Å². The maximum Gasteiger partial charge on any atom is 0.240 e. The predicted molar refractivity (Wildman–Crippen MR) is 77.4 cm³/mol. The molecule has 1 aliphatic heterocycles. The first-order chi connectivity index (χ1) is 9.50. The van der Waals surface area contributed by atoms with Gasteiger partial charge in [0.15, 0.2) is 0 Å². The molecule has 4 nitrogen and oxygen atoms in total. The highest BCUT2D eigenvalue weighted by Crippen LogP contribution is 2.20. The summed E-state index contributed by atoms with van der Waals surface area (Å²) in [6, 6.07) is 2.37. The first kappa shape index (κ1) is 17.8. The second-order valence-electron chi connectivity index (χ2n) is 4.87. The molecule has 3 atom stereocenters. The summed E-state index contributed by atoms with van der Waals surface area (Å²) in [6.45, 7) is 4.45. The molecule has 1 amide bonds. The normalized spacial score (nSPS) is 23.0. The molecular weight excluding hydrogens is 302 g/mol. The fourth-order valence-electron chi connectivity index (χ4n) is 2.33. The van der Waals surface area contributed by atoms with Crippen LogP contribution in [0.15, 0.2) is 18.2 Å². The predicted octanol–water partition coefficient (Wildman–Crippen LogP) is 1.94. The molecule has 21 heavy (non-hydrogen) atoms. The lowest BCUT2D eigenvalue weighted by atomic mass is 10.1. The van der Waals surface area contributed by atoms with E-state index in [1.165, 1.54) is 18.2 Å². The Morgan fingerprint density at radius 1 is 1.43 bits per heavy atom. The molecule has 0 spiro atoms. The number of benzene rings is 1. The molecule has 1 aliphatic rings. The van der Waals surface area contributed by atoms with Crippen LogP contribution in [0.5, 0.6) is 0 Å². The Hall–Kier alpha value is -1.24. The fourth-order valence-corrected chi connectivity index (χ4v) is 2.33. The van der Waals surface area contributed by atoms with Gasteiger partial charge in [0.05, 0.1) is 18.8 Å². The summed E-state index contributed by atoms with van der Waals surface area (Å²) < 4.78 is 32.7. The van der Waals surface area contributed by atoms with Crippen molar-refractivity contribution in [3.63, 3.8) is 0 Å². The van der Waals surface area contributed by atoms with E-state index in [1.807, 2.05) is 0 Å². The van der Waals surface area contributed by atoms with Crippen molar-refractivity contribution in [1.29, 1.82) is 0 Å². The summed E-state index contributed by atoms with van der Waals surface area (Å²) in [5, 5.41) is 5.65. The van der Waals surface area contributed by atoms with Crippen molar-refractivity contribution in [3.8, 4) is 0 Å². The van der Waals surface area contributed by atoms with Gasteiger partial charge in [-0.15, -0.1) is 12.4 Å². The number of hydrogen-bond donors (Lipinski definition) is 2. The van der Waals surface area contributed by atoms with Crippen molar-refractivity contribution in [1.82, 2.24) is 10.6 Å². The zero-order valence-corrected chi connectivity index (χ0v) is 12.7. The number of nitrogens with one attached hydrogen (secondary N) is 2. The second-order valence-corrected chi connectivity index (χ2v) is 4.87. The van der Waals surface area contributed by atoms with Crippen molar-refractivity contribution in [3.05, 3.63) is 35.4 Å². The van der Waals surface area contributed by atoms with E-state index in [0.717, 1.165) is 0 Å². The van der Waals surface area contributed by atoms with Crippen LogP contribution in [0.4, 0.5) is 8.78 Å². The molecular formula is C14H19ClF2N2O2. The summed E-state index contributed by atoms with van der Waals surface area (Å²) in [6.07, 6.45) is -0.276. The number of hydrogen-bond acceptors (Lipinski definition) is 3. The van der Waals surface area contributed by atoms with Gasteiger partial charge in [-0.25, -0.2) is 8.78 Å². The molecule has 0 aromatic heterocycles. The van der Waals surface area contributed by atoms with Gasteiger partial charge in [-0.3, -0.25) is 4.79 Å². The maximum atomic E-state index is 13.6. The fraction of sp³-hybridized carbons (Fsp3) is 0.500. The van der Waals surface area contributed by atoms with E-state index in [4.69, 9.17) is 4.74 Å². The number of carbonyl (C=O) groups is 1. The molecule has 1 unspecified atom stereocenters. The van der Waals surface area contributed by atoms with E-state index >= 15 is 0 Å². The van der Waals surface area contributed by atoms with E-state index in [1.54, 1.807) is 13.8 Å². The van der Waals surface area contributed by atoms with Gasteiger partial charge in [-0.05, 0) is 26.0 Å². The molecule has 118 valence electrons. The zero-order valence-electron chi connectivity index (χ0n) is 11.9. The number of rotatable bonds is 3. The quantitative estimate of drug-likeness (QED) is 0.895. The Morgan fingerprint density at radius 2 is 2.05 bits per heavy atom. The van der Waals surface area contributed by atoms with E-state index in [9.17, 15) is 13.6 Å². The minimum atomic E-state index is -0.750. The molecule has 2 rings (SSSR count). The Bertz CT molecular complexity index is 482. The molecule has 7 heteroatoms. The van der Waals surface area contributed by atoms with Crippen molar-refractivity contribution >= 4 is 18.3 Å². The average molecular weight is 321 g/mol. The lowest BCUT2D eigenvalue weighted by molar-refractivity contribution is -0.129. The van der Waals surface area contributed by atoms with Crippen molar-refractivity contribution in [2.45, 2.75) is 32.0 Å². The highest BCUT2D eigenvalue weighted by atomic mass is 35.5. The van der Waals surface area contributed by atoms with Crippen LogP contribution in [0.25, 0.3) is 0 Å². The third-order valence-electron chi connectivity index (χ3n) is 3.39. The van der Waals surface area contributed by atoms with E-state index in [0.29, 0.717) is 13.2 Å². The molecule has 0 saturated carbocycles. The Morgan fingerprint density at radius 3 is 2.62 bits per heavy atom. The van der Waals surface area contributed by atoms with E-state index in [2.05, 4.69) is 10.6 Å². The zero-order chi connectivity index (χ0) is 14.7. The van der Waals surface area contributed by atoms with Gasteiger partial charge in [-0.2, -0.15) is 0 Å². The number of amides is 1. The molecule has 1 aromatic rings. The van der Waals surface area contributed by atoms with Crippen LogP contribution in [-0.2, 0) is 9.53 Å². The minimum Gasteiger partial charge on any atom is -0.375 e. The maximum absolute atomic E-state index is 13.6. The summed E-state index contributed by atoms with van der Waals surface area (Å²) in [5.74, 6) is -1.66. The molecule has 0 aliphatic carbocycles. The van der Waals surface area contributed by atoms with E-state index in [-0.39, 0.29) is 30.0 Å². The number of halogens is 3. The summed E-state index contributed by atoms with van der Waals surface area (Å²) in [4.78, 5) is 12.1. The van der Waals surface area contributed by atoms with Crippen LogP contribution in [-0.4, -0.2) is 31.2 Å². The summed E-state index contributed by atoms with van der Waals surface area (Å²) in [7, 11) is 0. The van der Waals surface area contributed by atoms with Crippen LogP contribution in [0.1, 0.15) is 25.5 Å². The Balaban J connectivity index is 0.00000220. The molecule has 1 fully saturated rings. The highest BCUT2D eigenvalue weighted by Gasteiger charge is 2.30. The lowest BCUT2D eigenvalue weighted by Gasteiger charge is -2.30. The summed E-state index contributed by atoms with van der Waals surface area (Å²) in [5.41, 5.74) is -0.134. The van der Waals surface area contributed by atoms with Crippen molar-refractivity contribution in [2.24, 2.45) is 0 Å². The van der Waals surface area contributed by atoms with Crippen LogP contribution in [0.3, 0.4) is 0 Å². The van der Waals surface area contributed by atoms with Gasteiger partial charge >= 0.3 is 0 Å². The Labute approximate surface area is 128 Å². The Kier molecular flexibility index (Phi) is 6.51. The molecule has 0 radical (unpaired) electrons. The monoisotopic (exact) mass is 320 g/mol. The van der Waals surface area contributed by atoms with Crippen LogP contribution >= 0.6 is 12.4 Å². The van der Waals surface area contributed by atoms with Gasteiger partial charge in [0.2, 0.25) is 5.91 Å². The third-order valence-corrected chi connectivity index (χ3v) is 3.39. The number of carbonyl (C=O) groups excluding carboxylic acids is 1. The largest absolute Gasteiger partial charge is 0.375 e. The second kappa shape index (κ2) is 7.68. The minimum absolute atomic E-state index is 0. The average Bonchev–Trinajstić information content (AvgIpc) is 2.38. The number of ether oxygens (including phenoxy) is 1. The molecule has 1 saturated heterocycles. The topological polar surface area (TPSA) is 50.4 Å². The molecule has 2 N–H and O–H groups in total. The van der Waals surface area contributed by atoms with Crippen LogP contribution in [0.2, 0.25) is 0 Å². The van der Waals surface area contributed by atoms with Gasteiger partial charge in [0.1, 0.15) is 17.7 Å². The molecule has 1 aromatic carbocycles.